The van der Waals surface area contributed by atoms with Gasteiger partial charge in [0, 0.05) is 0 Å². The Balaban J connectivity index is -0.0000000800. The second-order valence-corrected chi connectivity index (χ2v) is 0.552. The van der Waals surface area contributed by atoms with Crippen molar-refractivity contribution in [2.75, 3.05) is 6.61 Å². The molecule has 3 heteroatoms. The molecule has 0 saturated heterocycles. The smallest absolute Gasteiger partial charge is 1.00 e. The van der Waals surface area contributed by atoms with E-state index in [0.717, 1.165) is 0 Å². The van der Waals surface area contributed by atoms with Crippen molar-refractivity contribution in [3.8, 4) is 0 Å². The molecular formula is C3H7LiO2. The number of rotatable bonds is 2. The zero-order chi connectivity index (χ0) is 4.12. The number of carbonyl (C=O) groups excluding carboxylic acids is 1. The van der Waals surface area contributed by atoms with Crippen molar-refractivity contribution >= 4 is 6.47 Å². The predicted octanol–water partition coefficient (Wildman–Crippen LogP) is -2.70. The Kier molecular flexibility index (Phi) is 14.0. The summed E-state index contributed by atoms with van der Waals surface area (Å²) in [6.45, 7) is 2.66. The summed E-state index contributed by atoms with van der Waals surface area (Å²) in [5, 5.41) is 0. The predicted molar refractivity (Wildman–Crippen MR) is 18.8 cm³/mol. The van der Waals surface area contributed by atoms with E-state index in [4.69, 9.17) is 0 Å². The van der Waals surface area contributed by atoms with Crippen LogP contribution in [0.2, 0.25) is 0 Å². The van der Waals surface area contributed by atoms with Gasteiger partial charge in [-0.1, -0.05) is 0 Å². The third-order valence-corrected chi connectivity index (χ3v) is 0.235. The van der Waals surface area contributed by atoms with E-state index in [2.05, 4.69) is 4.74 Å². The van der Waals surface area contributed by atoms with E-state index in [9.17, 15) is 4.79 Å². The minimum absolute atomic E-state index is 0. The van der Waals surface area contributed by atoms with Crippen molar-refractivity contribution in [1.82, 2.24) is 0 Å². The molecule has 0 aliphatic heterocycles. The van der Waals surface area contributed by atoms with E-state index in [0.29, 0.717) is 13.1 Å². The van der Waals surface area contributed by atoms with E-state index >= 15 is 0 Å². The zero-order valence-electron chi connectivity index (χ0n) is 5.10. The van der Waals surface area contributed by atoms with Crippen molar-refractivity contribution in [2.45, 2.75) is 6.92 Å². The number of carbonyl (C=O) groups is 1. The largest absolute Gasteiger partial charge is 1.00 e. The van der Waals surface area contributed by atoms with Gasteiger partial charge in [-0.3, -0.25) is 4.79 Å². The molecule has 0 amide bonds. The molecule has 0 heterocycles. The first-order valence-corrected chi connectivity index (χ1v) is 1.47. The molecule has 0 unspecified atom stereocenters. The van der Waals surface area contributed by atoms with E-state index in [-0.39, 0.29) is 20.3 Å². The van der Waals surface area contributed by atoms with Gasteiger partial charge in [-0.05, 0) is 6.92 Å². The van der Waals surface area contributed by atoms with E-state index in [1.165, 1.54) is 0 Å². The maximum atomic E-state index is 9.18. The Labute approximate surface area is 50.5 Å². The van der Waals surface area contributed by atoms with E-state index in [1.54, 1.807) is 6.92 Å². The van der Waals surface area contributed by atoms with Crippen LogP contribution in [0.4, 0.5) is 0 Å². The van der Waals surface area contributed by atoms with Gasteiger partial charge in [-0.25, -0.2) is 0 Å². The summed E-state index contributed by atoms with van der Waals surface area (Å²) in [5.41, 5.74) is 0. The first-order valence-electron chi connectivity index (χ1n) is 1.47. The second kappa shape index (κ2) is 8.91. The van der Waals surface area contributed by atoms with Crippen molar-refractivity contribution in [3.63, 3.8) is 0 Å². The quantitative estimate of drug-likeness (QED) is 0.267. The molecule has 0 radical (unpaired) electrons. The first-order chi connectivity index (χ1) is 2.41. The van der Waals surface area contributed by atoms with Crippen LogP contribution in [-0.2, 0) is 9.53 Å². The number of hydrogen-bond donors (Lipinski definition) is 0. The summed E-state index contributed by atoms with van der Waals surface area (Å²) in [5.74, 6) is 0. The molecule has 0 N–H and O–H groups in total. The maximum Gasteiger partial charge on any atom is 1.00 e. The van der Waals surface area contributed by atoms with Crippen molar-refractivity contribution in [3.05, 3.63) is 0 Å². The van der Waals surface area contributed by atoms with Gasteiger partial charge in [0.25, 0.3) is 6.47 Å². The SMILES string of the molecule is CCOC=O.[H-].[Li+]. The molecule has 0 fully saturated rings. The van der Waals surface area contributed by atoms with Crippen LogP contribution in [-0.4, -0.2) is 13.1 Å². The summed E-state index contributed by atoms with van der Waals surface area (Å²) in [6, 6.07) is 0. The average molecular weight is 82.0 g/mol. The first kappa shape index (κ1) is 9.42. The fraction of sp³-hybridized carbons (Fsp3) is 0.667. The normalized spacial score (nSPS) is 5.50. The Bertz CT molecular complexity index is 34.1. The van der Waals surface area contributed by atoms with Gasteiger partial charge in [-0.2, -0.15) is 0 Å². The molecule has 0 aliphatic rings. The van der Waals surface area contributed by atoms with Gasteiger partial charge in [-0.15, -0.1) is 0 Å². The molecule has 0 bridgehead atoms. The summed E-state index contributed by atoms with van der Waals surface area (Å²) in [7, 11) is 0. The molecule has 0 atom stereocenters. The van der Waals surface area contributed by atoms with Crippen LogP contribution in [0.3, 0.4) is 0 Å². The molecular weight excluding hydrogens is 75.0 g/mol. The minimum atomic E-state index is 0. The van der Waals surface area contributed by atoms with Gasteiger partial charge < -0.3 is 6.16 Å². The molecule has 2 nitrogen and oxygen atoms in total. The van der Waals surface area contributed by atoms with Crippen LogP contribution < -0.4 is 18.9 Å². The zero-order valence-corrected chi connectivity index (χ0v) is 4.10. The van der Waals surface area contributed by atoms with Crippen LogP contribution in [0.1, 0.15) is 8.35 Å². The summed E-state index contributed by atoms with van der Waals surface area (Å²) in [4.78, 5) is 9.18. The number of ether oxygens (including phenoxy) is 1. The summed E-state index contributed by atoms with van der Waals surface area (Å²) >= 11 is 0. The van der Waals surface area contributed by atoms with Gasteiger partial charge in [0.15, 0.2) is 0 Å². The van der Waals surface area contributed by atoms with Crippen molar-refractivity contribution in [2.24, 2.45) is 0 Å². The van der Waals surface area contributed by atoms with Gasteiger partial charge >= 0.3 is 18.9 Å². The van der Waals surface area contributed by atoms with Crippen molar-refractivity contribution in [1.29, 1.82) is 0 Å². The Morgan fingerprint density at radius 2 is 2.50 bits per heavy atom. The molecule has 0 aromatic carbocycles. The fourth-order valence-corrected chi connectivity index (χ4v) is 0.0680. The molecule has 0 saturated carbocycles. The fourth-order valence-electron chi connectivity index (χ4n) is 0.0680. The Morgan fingerprint density at radius 1 is 2.00 bits per heavy atom. The van der Waals surface area contributed by atoms with Crippen molar-refractivity contribution < 1.29 is 29.8 Å². The van der Waals surface area contributed by atoms with Crippen LogP contribution in [0, 0.1) is 0 Å². The molecule has 32 valence electrons. The second-order valence-electron chi connectivity index (χ2n) is 0.552. The summed E-state index contributed by atoms with van der Waals surface area (Å²) in [6.07, 6.45) is 0. The van der Waals surface area contributed by atoms with E-state index in [1.807, 2.05) is 0 Å². The van der Waals surface area contributed by atoms with Crippen LogP contribution in [0.25, 0.3) is 0 Å². The molecule has 0 aliphatic carbocycles. The van der Waals surface area contributed by atoms with Crippen LogP contribution in [0.15, 0.2) is 0 Å². The third-order valence-electron chi connectivity index (χ3n) is 0.235. The van der Waals surface area contributed by atoms with Crippen LogP contribution >= 0.6 is 0 Å². The summed E-state index contributed by atoms with van der Waals surface area (Å²) < 4.78 is 4.15. The third kappa shape index (κ3) is 8.95. The minimum Gasteiger partial charge on any atom is -1.00 e. The maximum absolute atomic E-state index is 9.18. The van der Waals surface area contributed by atoms with Crippen LogP contribution in [0.5, 0.6) is 0 Å². The van der Waals surface area contributed by atoms with Gasteiger partial charge in [0.1, 0.15) is 0 Å². The molecule has 0 aromatic heterocycles. The van der Waals surface area contributed by atoms with Gasteiger partial charge in [0.2, 0.25) is 0 Å². The molecule has 0 spiro atoms. The molecule has 0 aromatic rings. The van der Waals surface area contributed by atoms with E-state index < -0.39 is 0 Å². The number of hydrogen-bond acceptors (Lipinski definition) is 2. The average Bonchev–Trinajstić information content (AvgIpc) is 1.41. The molecule has 6 heavy (non-hydrogen) atoms. The standard InChI is InChI=1S/C3H6O2.Li.H/c1-2-5-3-4;;/h3H,2H2,1H3;;/q;+1;-1. The Hall–Kier alpha value is 0.0674. The topological polar surface area (TPSA) is 26.3 Å². The monoisotopic (exact) mass is 82.1 g/mol. The Morgan fingerprint density at radius 3 is 2.50 bits per heavy atom. The molecule has 0 rings (SSSR count). The van der Waals surface area contributed by atoms with Gasteiger partial charge in [0.05, 0.1) is 6.61 Å².